The van der Waals surface area contributed by atoms with E-state index in [-0.39, 0.29) is 19.3 Å². The van der Waals surface area contributed by atoms with Crippen molar-refractivity contribution >= 4 is 33.6 Å². The molecule has 0 aliphatic heterocycles. The highest BCUT2D eigenvalue weighted by Crippen LogP contribution is 2.45. The largest absolute Gasteiger partial charge is 0.472 e. The molecule has 0 saturated heterocycles. The minimum atomic E-state index is -4.93. The van der Waals surface area contributed by atoms with Crippen LogP contribution in [0.15, 0.2) is 109 Å². The predicted molar refractivity (Wildman–Crippen MR) is 399 cm³/mol. The third-order valence-electron chi connectivity index (χ3n) is 16.0. The predicted octanol–water partition coefficient (Wildman–Crippen LogP) is 22.0. The van der Waals surface area contributed by atoms with Crippen LogP contribution in [0.1, 0.15) is 316 Å². The van der Waals surface area contributed by atoms with E-state index in [0.29, 0.717) is 19.3 Å². The van der Waals surface area contributed by atoms with Crippen LogP contribution in [-0.2, 0) is 55.8 Å². The van der Waals surface area contributed by atoms with Crippen molar-refractivity contribution in [2.45, 2.75) is 334 Å². The van der Waals surface area contributed by atoms with Crippen LogP contribution in [0.5, 0.6) is 0 Å². The van der Waals surface area contributed by atoms with Crippen molar-refractivity contribution in [3.63, 3.8) is 0 Å². The fraction of sp³-hybridized carbons (Fsp3) is 0.734. The van der Waals surface area contributed by atoms with Crippen molar-refractivity contribution < 1.29 is 75.8 Å². The number of hydrogen-bond acceptors (Lipinski definition) is 14. The Bertz CT molecular complexity index is 2200. The number of phosphoric acid groups is 2. The van der Waals surface area contributed by atoms with Gasteiger partial charge in [-0.15, -0.1) is 0 Å². The quantitative estimate of drug-likeness (QED) is 0.0146. The van der Waals surface area contributed by atoms with Crippen molar-refractivity contribution in [3.05, 3.63) is 109 Å². The SMILES string of the molecule is CC/C=C\C/C=C\C/C=C\C/C=C\C/C=C\CCCCCCCCCCCCCCCCCC(=O)OCC(O)COP(=O)(O)OCC(O)COP(=O)(O)OCC(COC(=O)CCCCCC/C=C\C/C=C\C/C=C\C/C=C\CC)OC(=O)CCCCCCCCCCCCCCC. The Labute approximate surface area is 590 Å². The lowest BCUT2D eigenvalue weighted by Gasteiger charge is -2.21. The van der Waals surface area contributed by atoms with Gasteiger partial charge in [-0.2, -0.15) is 0 Å². The fourth-order valence-electron chi connectivity index (χ4n) is 10.2. The average Bonchev–Trinajstić information content (AvgIpc) is 1.62. The van der Waals surface area contributed by atoms with E-state index in [1.54, 1.807) is 0 Å². The fourth-order valence-corrected chi connectivity index (χ4v) is 11.8. The highest BCUT2D eigenvalue weighted by molar-refractivity contribution is 7.47. The molecule has 16 nitrogen and oxygen atoms in total. The average molecular weight is 1410 g/mol. The molecule has 5 atom stereocenters. The molecule has 5 unspecified atom stereocenters. The van der Waals surface area contributed by atoms with E-state index in [9.17, 15) is 43.5 Å². The molecule has 0 radical (unpaired) electrons. The summed E-state index contributed by atoms with van der Waals surface area (Å²) in [7, 11) is -9.78. The summed E-state index contributed by atoms with van der Waals surface area (Å²) >= 11 is 0. The number of unbranched alkanes of at least 4 members (excludes halogenated alkanes) is 31. The molecule has 0 aliphatic carbocycles. The van der Waals surface area contributed by atoms with Gasteiger partial charge in [-0.05, 0) is 103 Å². The zero-order chi connectivity index (χ0) is 70.9. The van der Waals surface area contributed by atoms with E-state index >= 15 is 0 Å². The van der Waals surface area contributed by atoms with Crippen molar-refractivity contribution in [2.24, 2.45) is 0 Å². The number of carbonyl (C=O) groups is 3. The van der Waals surface area contributed by atoms with Crippen LogP contribution >= 0.6 is 15.6 Å². The molecular formula is C79H138O16P2. The Morgan fingerprint density at radius 3 is 0.866 bits per heavy atom. The Kier molecular flexibility index (Phi) is 69.2. The maximum absolute atomic E-state index is 12.9. The molecule has 560 valence electrons. The first kappa shape index (κ1) is 93.2. The molecule has 0 aliphatic rings. The van der Waals surface area contributed by atoms with E-state index in [0.717, 1.165) is 128 Å². The third kappa shape index (κ3) is 73.3. The maximum atomic E-state index is 12.9. The Hall–Kier alpha value is -3.79. The number of ether oxygens (including phenoxy) is 3. The molecule has 0 aromatic carbocycles. The smallest absolute Gasteiger partial charge is 0.463 e. The van der Waals surface area contributed by atoms with Crippen molar-refractivity contribution in [1.29, 1.82) is 0 Å². The highest BCUT2D eigenvalue weighted by atomic mass is 31.2. The second-order valence-electron chi connectivity index (χ2n) is 25.4. The standard InChI is InChI=1S/C79H138O16P2/c1-4-7-10-13-16-19-22-25-27-29-30-31-32-33-34-35-36-37-38-39-40-41-42-44-46-48-50-53-56-59-62-65-77(82)89-68-74(80)69-91-96(85,86)92-70-75(81)71-93-97(87,88)94-73-76(95-79(84)67-64-61-58-55-52-47-24-21-18-15-12-9-6-3)72-90-78(83)66-63-60-57-54-51-49-45-43-28-26-23-20-17-14-11-8-5-2/h7-8,10-11,16-17,19-20,25-28,30-31,33-34,45,49,74-76,80-81H,4-6,9,12-15,18,21-24,29,32,35-44,46-48,50-73H2,1-3H3,(H,85,86)(H,87,88)/b10-7-,11-8-,19-16-,20-17-,27-25-,28-26-,31-30-,34-33-,49-45-. The Morgan fingerprint density at radius 2 is 0.546 bits per heavy atom. The Morgan fingerprint density at radius 1 is 0.299 bits per heavy atom. The summed E-state index contributed by atoms with van der Waals surface area (Å²) < 4.78 is 61.0. The van der Waals surface area contributed by atoms with Crippen LogP contribution in [0.3, 0.4) is 0 Å². The van der Waals surface area contributed by atoms with Gasteiger partial charge in [0.15, 0.2) is 6.10 Å². The highest BCUT2D eigenvalue weighted by Gasteiger charge is 2.29. The summed E-state index contributed by atoms with van der Waals surface area (Å²) in [6.07, 6.45) is 83.0. The minimum Gasteiger partial charge on any atom is -0.463 e. The first-order valence-corrected chi connectivity index (χ1v) is 41.2. The minimum absolute atomic E-state index is 0.102. The zero-order valence-electron chi connectivity index (χ0n) is 61.0. The molecule has 0 spiro atoms. The van der Waals surface area contributed by atoms with Gasteiger partial charge in [0, 0.05) is 19.3 Å². The number of allylic oxidation sites excluding steroid dienone is 18. The van der Waals surface area contributed by atoms with E-state index in [4.69, 9.17) is 32.3 Å². The molecule has 0 heterocycles. The van der Waals surface area contributed by atoms with Crippen LogP contribution in [0.25, 0.3) is 0 Å². The summed E-state index contributed by atoms with van der Waals surface area (Å²) in [5.74, 6) is -1.59. The lowest BCUT2D eigenvalue weighted by atomic mass is 10.0. The molecule has 97 heavy (non-hydrogen) atoms. The van der Waals surface area contributed by atoms with Crippen molar-refractivity contribution in [1.82, 2.24) is 0 Å². The number of rotatable bonds is 72. The monoisotopic (exact) mass is 1400 g/mol. The van der Waals surface area contributed by atoms with Crippen molar-refractivity contribution in [2.75, 3.05) is 39.6 Å². The van der Waals surface area contributed by atoms with E-state index in [1.165, 1.54) is 128 Å². The number of aliphatic hydroxyl groups excluding tert-OH is 2. The van der Waals surface area contributed by atoms with E-state index < -0.39 is 91.5 Å². The third-order valence-corrected chi connectivity index (χ3v) is 17.9. The molecule has 0 rings (SSSR count). The van der Waals surface area contributed by atoms with Gasteiger partial charge in [-0.3, -0.25) is 32.5 Å². The first-order valence-electron chi connectivity index (χ1n) is 38.2. The van der Waals surface area contributed by atoms with Gasteiger partial charge in [-0.25, -0.2) is 9.13 Å². The molecule has 0 aromatic rings. The maximum Gasteiger partial charge on any atom is 0.472 e. The second kappa shape index (κ2) is 72.0. The van der Waals surface area contributed by atoms with Crippen molar-refractivity contribution in [3.8, 4) is 0 Å². The molecule has 0 bridgehead atoms. The van der Waals surface area contributed by atoms with Crippen LogP contribution < -0.4 is 0 Å². The van der Waals surface area contributed by atoms with Crippen LogP contribution in [-0.4, -0.2) is 95.9 Å². The number of phosphoric ester groups is 2. The molecule has 0 fully saturated rings. The second-order valence-corrected chi connectivity index (χ2v) is 28.3. The molecule has 4 N–H and O–H groups in total. The van der Waals surface area contributed by atoms with Crippen LogP contribution in [0.2, 0.25) is 0 Å². The van der Waals surface area contributed by atoms with E-state index in [2.05, 4.69) is 130 Å². The number of esters is 3. The molecule has 18 heteroatoms. The molecule has 0 aromatic heterocycles. The van der Waals surface area contributed by atoms with Crippen LogP contribution in [0, 0.1) is 0 Å². The lowest BCUT2D eigenvalue weighted by Crippen LogP contribution is -2.30. The normalized spacial score (nSPS) is 14.7. The molecule has 0 amide bonds. The molecule has 0 saturated carbocycles. The summed E-state index contributed by atoms with van der Waals surface area (Å²) in [6.45, 7) is 2.44. The van der Waals surface area contributed by atoms with Gasteiger partial charge in [0.1, 0.15) is 25.4 Å². The van der Waals surface area contributed by atoms with E-state index in [1.807, 2.05) is 0 Å². The summed E-state index contributed by atoms with van der Waals surface area (Å²) in [4.78, 5) is 58.5. The number of aliphatic hydroxyl groups is 2. The first-order chi connectivity index (χ1) is 47.2. The lowest BCUT2D eigenvalue weighted by molar-refractivity contribution is -0.161. The number of carbonyl (C=O) groups excluding carboxylic acids is 3. The topological polar surface area (TPSA) is 231 Å². The van der Waals surface area contributed by atoms with Gasteiger partial charge in [0.05, 0.1) is 26.4 Å². The molecular weight excluding hydrogens is 1270 g/mol. The van der Waals surface area contributed by atoms with Gasteiger partial charge >= 0.3 is 33.6 Å². The van der Waals surface area contributed by atoms with Gasteiger partial charge in [0.2, 0.25) is 0 Å². The van der Waals surface area contributed by atoms with Crippen LogP contribution in [0.4, 0.5) is 0 Å². The summed E-state index contributed by atoms with van der Waals surface area (Å²) in [5.41, 5.74) is 0. The Balaban J connectivity index is 4.43. The zero-order valence-corrected chi connectivity index (χ0v) is 62.8. The summed E-state index contributed by atoms with van der Waals surface area (Å²) in [5, 5.41) is 20.6. The summed E-state index contributed by atoms with van der Waals surface area (Å²) in [6, 6.07) is 0. The number of hydrogen-bond donors (Lipinski definition) is 4. The van der Waals surface area contributed by atoms with Gasteiger partial charge < -0.3 is 34.2 Å². The van der Waals surface area contributed by atoms with Gasteiger partial charge in [0.25, 0.3) is 0 Å². The van der Waals surface area contributed by atoms with Gasteiger partial charge in [-0.1, -0.05) is 304 Å².